The summed E-state index contributed by atoms with van der Waals surface area (Å²) >= 11 is 0. The number of likely N-dealkylation sites (N-methyl/N-ethyl adjacent to an activating group) is 1. The SMILES string of the molecule is CN(C)CCn1cc(CO)c2cccnc21. The van der Waals surface area contributed by atoms with E-state index in [2.05, 4.69) is 14.5 Å². The normalized spacial score (nSPS) is 11.5. The highest BCUT2D eigenvalue weighted by Crippen LogP contribution is 2.18. The lowest BCUT2D eigenvalue weighted by Crippen LogP contribution is -2.18. The third-order valence-electron chi connectivity index (χ3n) is 2.67. The van der Waals surface area contributed by atoms with E-state index < -0.39 is 0 Å². The third kappa shape index (κ3) is 2.08. The van der Waals surface area contributed by atoms with Crippen LogP contribution < -0.4 is 0 Å². The Morgan fingerprint density at radius 1 is 1.44 bits per heavy atom. The van der Waals surface area contributed by atoms with E-state index in [4.69, 9.17) is 0 Å². The Morgan fingerprint density at radius 3 is 2.94 bits per heavy atom. The minimum absolute atomic E-state index is 0.0666. The van der Waals surface area contributed by atoms with Crippen LogP contribution in [0.5, 0.6) is 0 Å². The second kappa shape index (κ2) is 4.63. The van der Waals surface area contributed by atoms with E-state index in [0.717, 1.165) is 29.7 Å². The number of aliphatic hydroxyl groups excluding tert-OH is 1. The maximum absolute atomic E-state index is 9.27. The largest absolute Gasteiger partial charge is 0.392 e. The summed E-state index contributed by atoms with van der Waals surface area (Å²) in [4.78, 5) is 6.49. The summed E-state index contributed by atoms with van der Waals surface area (Å²) in [6, 6.07) is 3.90. The molecule has 2 heterocycles. The first-order valence-electron chi connectivity index (χ1n) is 5.40. The Bertz CT molecular complexity index is 476. The smallest absolute Gasteiger partial charge is 0.140 e. The fourth-order valence-electron chi connectivity index (χ4n) is 1.80. The van der Waals surface area contributed by atoms with Crippen LogP contribution in [0.1, 0.15) is 5.56 Å². The van der Waals surface area contributed by atoms with Crippen molar-refractivity contribution in [2.45, 2.75) is 13.2 Å². The van der Waals surface area contributed by atoms with E-state index in [1.807, 2.05) is 32.4 Å². The van der Waals surface area contributed by atoms with E-state index in [-0.39, 0.29) is 6.61 Å². The van der Waals surface area contributed by atoms with Gasteiger partial charge in [-0.05, 0) is 26.2 Å². The van der Waals surface area contributed by atoms with Gasteiger partial charge in [-0.25, -0.2) is 4.98 Å². The van der Waals surface area contributed by atoms with Crippen LogP contribution in [0.2, 0.25) is 0 Å². The van der Waals surface area contributed by atoms with E-state index >= 15 is 0 Å². The molecule has 0 aromatic carbocycles. The predicted molar refractivity (Wildman–Crippen MR) is 64.2 cm³/mol. The van der Waals surface area contributed by atoms with Gasteiger partial charge in [-0.3, -0.25) is 0 Å². The van der Waals surface area contributed by atoms with Gasteiger partial charge in [0.15, 0.2) is 0 Å². The molecular weight excluding hydrogens is 202 g/mol. The number of hydrogen-bond acceptors (Lipinski definition) is 3. The Balaban J connectivity index is 2.37. The minimum Gasteiger partial charge on any atom is -0.392 e. The molecule has 0 atom stereocenters. The number of hydrogen-bond donors (Lipinski definition) is 1. The van der Waals surface area contributed by atoms with Crippen LogP contribution in [0, 0.1) is 0 Å². The van der Waals surface area contributed by atoms with Crippen molar-refractivity contribution in [1.82, 2.24) is 14.5 Å². The predicted octanol–water partition coefficient (Wildman–Crippen LogP) is 1.09. The lowest BCUT2D eigenvalue weighted by Gasteiger charge is -2.10. The van der Waals surface area contributed by atoms with E-state index in [1.165, 1.54) is 0 Å². The van der Waals surface area contributed by atoms with Gasteiger partial charge in [0.2, 0.25) is 0 Å². The topological polar surface area (TPSA) is 41.3 Å². The molecule has 4 nitrogen and oxygen atoms in total. The fraction of sp³-hybridized carbons (Fsp3) is 0.417. The third-order valence-corrected chi connectivity index (χ3v) is 2.67. The van der Waals surface area contributed by atoms with Gasteiger partial charge in [-0.1, -0.05) is 0 Å². The van der Waals surface area contributed by atoms with Gasteiger partial charge in [-0.2, -0.15) is 0 Å². The molecule has 16 heavy (non-hydrogen) atoms. The second-order valence-electron chi connectivity index (χ2n) is 4.18. The zero-order chi connectivity index (χ0) is 11.5. The van der Waals surface area contributed by atoms with Crippen molar-refractivity contribution in [3.63, 3.8) is 0 Å². The molecule has 0 aliphatic carbocycles. The van der Waals surface area contributed by atoms with Crippen LogP contribution in [0.3, 0.4) is 0 Å². The average Bonchev–Trinajstić information content (AvgIpc) is 2.65. The van der Waals surface area contributed by atoms with Gasteiger partial charge in [0.05, 0.1) is 6.61 Å². The molecule has 4 heteroatoms. The molecule has 2 aromatic rings. The summed E-state index contributed by atoms with van der Waals surface area (Å²) in [6.45, 7) is 1.92. The van der Waals surface area contributed by atoms with Gasteiger partial charge in [-0.15, -0.1) is 0 Å². The van der Waals surface area contributed by atoms with Crippen LogP contribution in [-0.2, 0) is 13.2 Å². The zero-order valence-corrected chi connectivity index (χ0v) is 9.72. The molecule has 1 N–H and O–H groups in total. The molecule has 86 valence electrons. The molecule has 0 spiro atoms. The molecule has 0 fully saturated rings. The lowest BCUT2D eigenvalue weighted by atomic mass is 10.2. The maximum Gasteiger partial charge on any atom is 0.140 e. The maximum atomic E-state index is 9.27. The van der Waals surface area contributed by atoms with E-state index in [0.29, 0.717) is 0 Å². The van der Waals surface area contributed by atoms with Crippen LogP contribution in [0.4, 0.5) is 0 Å². The van der Waals surface area contributed by atoms with Crippen LogP contribution in [0.15, 0.2) is 24.5 Å². The molecule has 0 saturated heterocycles. The van der Waals surface area contributed by atoms with E-state index in [1.54, 1.807) is 6.20 Å². The van der Waals surface area contributed by atoms with Gasteiger partial charge >= 0.3 is 0 Å². The summed E-state index contributed by atoms with van der Waals surface area (Å²) in [5.41, 5.74) is 1.90. The Kier molecular flexibility index (Phi) is 3.22. The van der Waals surface area contributed by atoms with Gasteiger partial charge in [0.25, 0.3) is 0 Å². The van der Waals surface area contributed by atoms with Crippen molar-refractivity contribution in [2.24, 2.45) is 0 Å². The first-order valence-corrected chi connectivity index (χ1v) is 5.40. The molecule has 0 aliphatic rings. The van der Waals surface area contributed by atoms with Crippen molar-refractivity contribution in [2.75, 3.05) is 20.6 Å². The molecule has 2 aromatic heterocycles. The van der Waals surface area contributed by atoms with Crippen molar-refractivity contribution in [3.05, 3.63) is 30.1 Å². The lowest BCUT2D eigenvalue weighted by molar-refractivity contribution is 0.283. The second-order valence-corrected chi connectivity index (χ2v) is 4.18. The summed E-state index contributed by atoms with van der Waals surface area (Å²) in [7, 11) is 4.10. The molecule has 0 aliphatic heterocycles. The molecule has 0 bridgehead atoms. The first-order chi connectivity index (χ1) is 7.72. The molecule has 0 amide bonds. The Labute approximate surface area is 95.1 Å². The number of fused-ring (bicyclic) bond motifs is 1. The van der Waals surface area contributed by atoms with Crippen molar-refractivity contribution >= 4 is 11.0 Å². The van der Waals surface area contributed by atoms with Crippen LogP contribution in [-0.4, -0.2) is 40.2 Å². The fourth-order valence-corrected chi connectivity index (χ4v) is 1.80. The molecular formula is C12H17N3O. The summed E-state index contributed by atoms with van der Waals surface area (Å²) < 4.78 is 2.10. The average molecular weight is 219 g/mol. The van der Waals surface area contributed by atoms with Crippen molar-refractivity contribution < 1.29 is 5.11 Å². The summed E-state index contributed by atoms with van der Waals surface area (Å²) in [6.07, 6.45) is 3.77. The number of pyridine rings is 1. The molecule has 0 saturated carbocycles. The zero-order valence-electron chi connectivity index (χ0n) is 9.72. The number of aromatic nitrogens is 2. The van der Waals surface area contributed by atoms with Gasteiger partial charge < -0.3 is 14.6 Å². The Morgan fingerprint density at radius 2 is 2.25 bits per heavy atom. The molecule has 0 radical (unpaired) electrons. The quantitative estimate of drug-likeness (QED) is 0.837. The van der Waals surface area contributed by atoms with Crippen molar-refractivity contribution in [1.29, 1.82) is 0 Å². The van der Waals surface area contributed by atoms with Crippen LogP contribution >= 0.6 is 0 Å². The Hall–Kier alpha value is -1.39. The minimum atomic E-state index is 0.0666. The highest BCUT2D eigenvalue weighted by molar-refractivity contribution is 5.80. The summed E-state index contributed by atoms with van der Waals surface area (Å²) in [5, 5.41) is 10.3. The van der Waals surface area contributed by atoms with E-state index in [9.17, 15) is 5.11 Å². The number of rotatable bonds is 4. The van der Waals surface area contributed by atoms with Gasteiger partial charge in [0.1, 0.15) is 5.65 Å². The van der Waals surface area contributed by atoms with Crippen LogP contribution in [0.25, 0.3) is 11.0 Å². The van der Waals surface area contributed by atoms with Crippen molar-refractivity contribution in [3.8, 4) is 0 Å². The highest BCUT2D eigenvalue weighted by Gasteiger charge is 2.07. The molecule has 0 unspecified atom stereocenters. The number of nitrogens with zero attached hydrogens (tertiary/aromatic N) is 3. The monoisotopic (exact) mass is 219 g/mol. The first kappa shape index (κ1) is 11.1. The molecule has 2 rings (SSSR count). The summed E-state index contributed by atoms with van der Waals surface area (Å²) in [5.74, 6) is 0. The number of aliphatic hydroxyl groups is 1. The van der Waals surface area contributed by atoms with Gasteiger partial charge in [0, 0.05) is 36.4 Å². The standard InChI is InChI=1S/C12H17N3O/c1-14(2)6-7-15-8-10(9-16)11-4-3-5-13-12(11)15/h3-5,8,16H,6-7,9H2,1-2H3. The highest BCUT2D eigenvalue weighted by atomic mass is 16.3.